The Bertz CT molecular complexity index is 618. The van der Waals surface area contributed by atoms with Gasteiger partial charge in [0.05, 0.1) is 0 Å². The molecular weight excluding hydrogens is 358 g/mol. The molecule has 4 saturated carbocycles. The average molecular weight is 404 g/mol. The molecule has 3 heteroatoms. The van der Waals surface area contributed by atoms with Gasteiger partial charge < -0.3 is 10.5 Å². The van der Waals surface area contributed by atoms with Gasteiger partial charge in [0.15, 0.2) is 0 Å². The number of ether oxygens (including phenoxy) is 1. The number of hydrogen-bond acceptors (Lipinski definition) is 3. The fourth-order valence-electron chi connectivity index (χ4n) is 8.60. The van der Waals surface area contributed by atoms with E-state index >= 15 is 0 Å². The first-order valence-corrected chi connectivity index (χ1v) is 12.6. The molecule has 4 rings (SSSR count). The second-order valence-electron chi connectivity index (χ2n) is 12.2. The summed E-state index contributed by atoms with van der Waals surface area (Å²) in [7, 11) is 0. The number of carbonyl (C=O) groups excluding carboxylic acids is 1. The van der Waals surface area contributed by atoms with Crippen LogP contribution in [0.1, 0.15) is 98.8 Å². The van der Waals surface area contributed by atoms with Crippen LogP contribution in [0.4, 0.5) is 0 Å². The Labute approximate surface area is 178 Å². The minimum atomic E-state index is -0.102. The average Bonchev–Trinajstić information content (AvgIpc) is 2.89. The molecule has 2 N–H and O–H groups in total. The summed E-state index contributed by atoms with van der Waals surface area (Å²) in [5.41, 5.74) is 7.72. The lowest BCUT2D eigenvalue weighted by atomic mass is 9.42. The van der Waals surface area contributed by atoms with Crippen molar-refractivity contribution in [1.29, 1.82) is 0 Å². The molecule has 166 valence electrons. The first kappa shape index (κ1) is 21.7. The summed E-state index contributed by atoms with van der Waals surface area (Å²) in [4.78, 5) is 11.5. The van der Waals surface area contributed by atoms with Gasteiger partial charge in [-0.05, 0) is 97.7 Å². The van der Waals surface area contributed by atoms with Crippen molar-refractivity contribution in [2.24, 2.45) is 52.1 Å². The van der Waals surface area contributed by atoms with E-state index in [1.807, 2.05) is 0 Å². The van der Waals surface area contributed by atoms with Gasteiger partial charge in [-0.25, -0.2) is 0 Å². The molecule has 0 aromatic carbocycles. The standard InChI is InChI=1S/C26H45NO2/c1-16(2)7-6-8-24(27)23-15-22-20-14-18-13-19(29-17(3)28)9-11-25(18,4)21(20)10-12-26(22,23)5/h16,18-24H,6-15,27H2,1-5H3/t18-,19+,20-,21?,22?,23?,24-,25?,26?/m1/s1. The molecule has 0 spiro atoms. The van der Waals surface area contributed by atoms with Crippen molar-refractivity contribution in [2.45, 2.75) is 111 Å². The highest BCUT2D eigenvalue weighted by Gasteiger charge is 2.65. The Kier molecular flexibility index (Phi) is 5.86. The third-order valence-corrected chi connectivity index (χ3v) is 10.3. The Morgan fingerprint density at radius 1 is 1.03 bits per heavy atom. The van der Waals surface area contributed by atoms with Crippen LogP contribution < -0.4 is 5.73 Å². The topological polar surface area (TPSA) is 52.3 Å². The van der Waals surface area contributed by atoms with Crippen LogP contribution >= 0.6 is 0 Å². The molecular formula is C26H45NO2. The SMILES string of the molecule is CC(=O)O[C@H]1CCC2(C)C3CCC4(C)C(CC4[C@H](N)CCCC(C)C)[C@@H]3C[C@H]2C1. The van der Waals surface area contributed by atoms with Crippen molar-refractivity contribution in [2.75, 3.05) is 0 Å². The van der Waals surface area contributed by atoms with Crippen molar-refractivity contribution in [1.82, 2.24) is 0 Å². The number of nitrogens with two attached hydrogens (primary N) is 1. The third kappa shape index (κ3) is 3.68. The van der Waals surface area contributed by atoms with Gasteiger partial charge >= 0.3 is 5.97 Å². The second kappa shape index (κ2) is 7.84. The highest BCUT2D eigenvalue weighted by atomic mass is 16.5. The van der Waals surface area contributed by atoms with Crippen LogP contribution in [-0.4, -0.2) is 18.1 Å². The Morgan fingerprint density at radius 2 is 1.76 bits per heavy atom. The molecule has 4 fully saturated rings. The zero-order valence-electron chi connectivity index (χ0n) is 19.6. The van der Waals surface area contributed by atoms with Gasteiger partial charge in [-0.1, -0.05) is 40.5 Å². The van der Waals surface area contributed by atoms with E-state index in [1.54, 1.807) is 6.92 Å². The molecule has 9 atom stereocenters. The van der Waals surface area contributed by atoms with Crippen molar-refractivity contribution < 1.29 is 9.53 Å². The molecule has 0 aromatic heterocycles. The number of carbonyl (C=O) groups is 1. The zero-order chi connectivity index (χ0) is 21.0. The summed E-state index contributed by atoms with van der Waals surface area (Å²) in [6.07, 6.45) is 12.9. The van der Waals surface area contributed by atoms with Crippen LogP contribution in [0.25, 0.3) is 0 Å². The van der Waals surface area contributed by atoms with E-state index in [-0.39, 0.29) is 12.1 Å². The third-order valence-electron chi connectivity index (χ3n) is 10.3. The Balaban J connectivity index is 1.40. The lowest BCUT2D eigenvalue weighted by molar-refractivity contribution is -0.152. The molecule has 0 heterocycles. The molecule has 4 aliphatic rings. The summed E-state index contributed by atoms with van der Waals surface area (Å²) < 4.78 is 5.63. The maximum absolute atomic E-state index is 11.5. The van der Waals surface area contributed by atoms with Crippen LogP contribution in [0, 0.1) is 46.3 Å². The minimum Gasteiger partial charge on any atom is -0.463 e. The summed E-state index contributed by atoms with van der Waals surface area (Å²) in [5, 5.41) is 0. The quantitative estimate of drug-likeness (QED) is 0.557. The van der Waals surface area contributed by atoms with Crippen molar-refractivity contribution in [3.8, 4) is 0 Å². The molecule has 0 amide bonds. The van der Waals surface area contributed by atoms with Crippen molar-refractivity contribution >= 4 is 5.97 Å². The summed E-state index contributed by atoms with van der Waals surface area (Å²) >= 11 is 0. The maximum Gasteiger partial charge on any atom is 0.302 e. The van der Waals surface area contributed by atoms with Crippen molar-refractivity contribution in [3.63, 3.8) is 0 Å². The number of esters is 1. The van der Waals surface area contributed by atoms with Gasteiger partial charge in [0.2, 0.25) is 0 Å². The Hall–Kier alpha value is -0.570. The normalized spacial score (nSPS) is 47.0. The number of rotatable bonds is 6. The van der Waals surface area contributed by atoms with E-state index in [0.717, 1.165) is 48.3 Å². The molecule has 3 nitrogen and oxygen atoms in total. The molecule has 0 saturated heterocycles. The van der Waals surface area contributed by atoms with E-state index in [9.17, 15) is 4.79 Å². The van der Waals surface area contributed by atoms with E-state index < -0.39 is 0 Å². The van der Waals surface area contributed by atoms with Crippen molar-refractivity contribution in [3.05, 3.63) is 0 Å². The predicted octanol–water partition coefficient (Wildman–Crippen LogP) is 5.95. The van der Waals surface area contributed by atoms with Gasteiger partial charge in [-0.2, -0.15) is 0 Å². The molecule has 5 unspecified atom stereocenters. The minimum absolute atomic E-state index is 0.102. The largest absolute Gasteiger partial charge is 0.463 e. The molecule has 0 bridgehead atoms. The second-order valence-corrected chi connectivity index (χ2v) is 12.2. The van der Waals surface area contributed by atoms with Gasteiger partial charge in [0.1, 0.15) is 6.10 Å². The fourth-order valence-corrected chi connectivity index (χ4v) is 8.60. The van der Waals surface area contributed by atoms with E-state index in [4.69, 9.17) is 10.5 Å². The lowest BCUT2D eigenvalue weighted by Crippen LogP contribution is -2.60. The summed E-state index contributed by atoms with van der Waals surface area (Å²) in [5.74, 6) is 4.84. The number of hydrogen-bond donors (Lipinski definition) is 1. The highest BCUT2D eigenvalue weighted by molar-refractivity contribution is 5.66. The van der Waals surface area contributed by atoms with Gasteiger partial charge in [0, 0.05) is 13.0 Å². The predicted molar refractivity (Wildman–Crippen MR) is 118 cm³/mol. The molecule has 29 heavy (non-hydrogen) atoms. The highest BCUT2D eigenvalue weighted by Crippen LogP contribution is 2.72. The maximum atomic E-state index is 11.5. The van der Waals surface area contributed by atoms with Crippen LogP contribution in [0.3, 0.4) is 0 Å². The number of fused-ring (bicyclic) bond motifs is 5. The van der Waals surface area contributed by atoms with Crippen LogP contribution in [0.15, 0.2) is 0 Å². The van der Waals surface area contributed by atoms with Gasteiger partial charge in [-0.3, -0.25) is 4.79 Å². The fraction of sp³-hybridized carbons (Fsp3) is 0.962. The van der Waals surface area contributed by atoms with E-state index in [1.165, 1.54) is 51.4 Å². The first-order chi connectivity index (χ1) is 13.6. The molecule has 0 aromatic rings. The van der Waals surface area contributed by atoms with Crippen LogP contribution in [0.2, 0.25) is 0 Å². The van der Waals surface area contributed by atoms with Gasteiger partial charge in [-0.15, -0.1) is 0 Å². The van der Waals surface area contributed by atoms with Crippen LogP contribution in [0.5, 0.6) is 0 Å². The van der Waals surface area contributed by atoms with E-state index in [2.05, 4.69) is 27.7 Å². The zero-order valence-corrected chi connectivity index (χ0v) is 19.6. The Morgan fingerprint density at radius 3 is 2.45 bits per heavy atom. The monoisotopic (exact) mass is 403 g/mol. The van der Waals surface area contributed by atoms with Crippen LogP contribution in [-0.2, 0) is 9.53 Å². The first-order valence-electron chi connectivity index (χ1n) is 12.6. The smallest absolute Gasteiger partial charge is 0.302 e. The summed E-state index contributed by atoms with van der Waals surface area (Å²) in [6.45, 7) is 11.4. The van der Waals surface area contributed by atoms with E-state index in [0.29, 0.717) is 16.9 Å². The van der Waals surface area contributed by atoms with Gasteiger partial charge in [0.25, 0.3) is 0 Å². The molecule has 0 radical (unpaired) electrons. The lowest BCUT2D eigenvalue weighted by Gasteiger charge is -2.64. The molecule has 4 aliphatic carbocycles. The summed E-state index contributed by atoms with van der Waals surface area (Å²) in [6, 6.07) is 0.402. The molecule has 0 aliphatic heterocycles.